The summed E-state index contributed by atoms with van der Waals surface area (Å²) in [5.74, 6) is -0.775. The Morgan fingerprint density at radius 2 is 1.88 bits per heavy atom. The molecule has 2 aromatic rings. The van der Waals surface area contributed by atoms with E-state index >= 15 is 0 Å². The fourth-order valence-corrected chi connectivity index (χ4v) is 2.58. The predicted molar refractivity (Wildman–Crippen MR) is 82.6 cm³/mol. The summed E-state index contributed by atoms with van der Waals surface area (Å²) < 4.78 is 38.3. The van der Waals surface area contributed by atoms with Gasteiger partial charge in [-0.2, -0.15) is 13.2 Å². The second-order valence-corrected chi connectivity index (χ2v) is 5.42. The fourth-order valence-electron chi connectivity index (χ4n) is 2.58. The predicted octanol–water partition coefficient (Wildman–Crippen LogP) is 3.23. The maximum Gasteiger partial charge on any atom is 0.416 e. The lowest BCUT2D eigenvalue weighted by Crippen LogP contribution is -2.42. The van der Waals surface area contributed by atoms with Gasteiger partial charge in [0.15, 0.2) is 0 Å². The molecule has 2 amide bonds. The second-order valence-electron chi connectivity index (χ2n) is 5.42. The maximum atomic E-state index is 12.8. The van der Waals surface area contributed by atoms with Crippen molar-refractivity contribution in [1.29, 1.82) is 0 Å². The Kier molecular flexibility index (Phi) is 4.01. The Morgan fingerprint density at radius 3 is 2.62 bits per heavy atom. The number of nitrogens with zero attached hydrogens (tertiary/aromatic N) is 1. The molecule has 1 aliphatic heterocycles. The molecule has 124 valence electrons. The number of para-hydroxylation sites is 2. The second kappa shape index (κ2) is 5.99. The Bertz CT molecular complexity index is 802. The van der Waals surface area contributed by atoms with E-state index in [0.29, 0.717) is 11.4 Å². The van der Waals surface area contributed by atoms with E-state index in [4.69, 9.17) is 0 Å². The van der Waals surface area contributed by atoms with Crippen molar-refractivity contribution in [3.05, 3.63) is 59.7 Å². The van der Waals surface area contributed by atoms with Crippen LogP contribution in [0.1, 0.15) is 11.1 Å². The van der Waals surface area contributed by atoms with E-state index in [9.17, 15) is 22.8 Å². The van der Waals surface area contributed by atoms with Crippen LogP contribution in [0.5, 0.6) is 0 Å². The lowest BCUT2D eigenvalue weighted by atomic mass is 10.1. The third-order valence-corrected chi connectivity index (χ3v) is 3.68. The van der Waals surface area contributed by atoms with E-state index in [0.717, 1.165) is 12.1 Å². The van der Waals surface area contributed by atoms with Crippen LogP contribution in [0.25, 0.3) is 0 Å². The van der Waals surface area contributed by atoms with Crippen LogP contribution in [0.15, 0.2) is 48.5 Å². The van der Waals surface area contributed by atoms with Gasteiger partial charge in [0.2, 0.25) is 11.8 Å². The fraction of sp³-hybridized carbons (Fsp3) is 0.176. The summed E-state index contributed by atoms with van der Waals surface area (Å²) in [4.78, 5) is 25.5. The van der Waals surface area contributed by atoms with Crippen molar-refractivity contribution in [3.8, 4) is 0 Å². The maximum absolute atomic E-state index is 12.8. The number of carbonyl (C=O) groups excluding carboxylic acids is 2. The molecule has 4 nitrogen and oxygen atoms in total. The van der Waals surface area contributed by atoms with Crippen molar-refractivity contribution >= 4 is 23.2 Å². The molecular formula is C17H13F3N2O2. The van der Waals surface area contributed by atoms with Gasteiger partial charge in [0.05, 0.1) is 23.4 Å². The van der Waals surface area contributed by atoms with Crippen molar-refractivity contribution in [2.24, 2.45) is 0 Å². The van der Waals surface area contributed by atoms with E-state index in [1.807, 2.05) is 0 Å². The number of halogens is 3. The summed E-state index contributed by atoms with van der Waals surface area (Å²) in [6, 6.07) is 11.4. The van der Waals surface area contributed by atoms with Crippen LogP contribution in [-0.4, -0.2) is 18.4 Å². The molecule has 3 rings (SSSR count). The van der Waals surface area contributed by atoms with Gasteiger partial charge in [-0.15, -0.1) is 0 Å². The van der Waals surface area contributed by atoms with Crippen LogP contribution in [0.4, 0.5) is 24.5 Å². The monoisotopic (exact) mass is 334 g/mol. The number of rotatable bonds is 2. The Hall–Kier alpha value is -2.83. The van der Waals surface area contributed by atoms with E-state index in [-0.39, 0.29) is 24.4 Å². The van der Waals surface area contributed by atoms with E-state index in [1.165, 1.54) is 17.0 Å². The topological polar surface area (TPSA) is 49.4 Å². The number of benzene rings is 2. The normalized spacial score (nSPS) is 14.1. The number of fused-ring (bicyclic) bond motifs is 1. The molecule has 0 aliphatic carbocycles. The Balaban J connectivity index is 1.85. The molecule has 0 saturated carbocycles. The van der Waals surface area contributed by atoms with Crippen LogP contribution in [0, 0.1) is 0 Å². The molecule has 7 heteroatoms. The van der Waals surface area contributed by atoms with Gasteiger partial charge in [-0.3, -0.25) is 9.59 Å². The average Bonchev–Trinajstić information content (AvgIpc) is 2.53. The number of hydrogen-bond donors (Lipinski definition) is 1. The first-order valence-corrected chi connectivity index (χ1v) is 7.20. The highest BCUT2D eigenvalue weighted by Crippen LogP contribution is 2.31. The number of hydrogen-bond acceptors (Lipinski definition) is 2. The minimum atomic E-state index is -4.46. The van der Waals surface area contributed by atoms with Gasteiger partial charge in [0.1, 0.15) is 6.54 Å². The molecule has 0 fully saturated rings. The van der Waals surface area contributed by atoms with Crippen molar-refractivity contribution in [2.75, 3.05) is 16.8 Å². The number of nitrogens with one attached hydrogen (secondary N) is 1. The zero-order valence-electron chi connectivity index (χ0n) is 12.4. The van der Waals surface area contributed by atoms with Gasteiger partial charge in [-0.25, -0.2) is 0 Å². The minimum Gasteiger partial charge on any atom is -0.323 e. The summed E-state index contributed by atoms with van der Waals surface area (Å²) in [6.45, 7) is -0.158. The summed E-state index contributed by atoms with van der Waals surface area (Å²) >= 11 is 0. The minimum absolute atomic E-state index is 0.158. The zero-order valence-corrected chi connectivity index (χ0v) is 12.4. The van der Waals surface area contributed by atoms with Crippen LogP contribution < -0.4 is 10.2 Å². The van der Waals surface area contributed by atoms with Crippen molar-refractivity contribution < 1.29 is 22.8 Å². The number of anilines is 2. The summed E-state index contributed by atoms with van der Waals surface area (Å²) in [7, 11) is 0. The quantitative estimate of drug-likeness (QED) is 0.917. The van der Waals surface area contributed by atoms with Crippen molar-refractivity contribution in [1.82, 2.24) is 0 Å². The molecular weight excluding hydrogens is 321 g/mol. The SMILES string of the molecule is O=C1CN(C(=O)Cc2cccc(C(F)(F)F)c2)c2ccccc2N1. The Morgan fingerprint density at radius 1 is 1.12 bits per heavy atom. The number of amides is 2. The molecule has 0 spiro atoms. The molecule has 0 saturated heterocycles. The van der Waals surface area contributed by atoms with Gasteiger partial charge >= 0.3 is 6.18 Å². The molecule has 2 aromatic carbocycles. The number of carbonyl (C=O) groups is 2. The molecule has 24 heavy (non-hydrogen) atoms. The first kappa shape index (κ1) is 16.0. The van der Waals surface area contributed by atoms with Gasteiger partial charge in [0.25, 0.3) is 0 Å². The molecule has 0 aromatic heterocycles. The Labute approximate surface area is 135 Å². The zero-order chi connectivity index (χ0) is 17.3. The third-order valence-electron chi connectivity index (χ3n) is 3.68. The molecule has 1 aliphatic rings. The van der Waals surface area contributed by atoms with E-state index < -0.39 is 17.6 Å². The molecule has 0 radical (unpaired) electrons. The van der Waals surface area contributed by atoms with Crippen molar-refractivity contribution in [3.63, 3.8) is 0 Å². The molecule has 1 N–H and O–H groups in total. The average molecular weight is 334 g/mol. The largest absolute Gasteiger partial charge is 0.416 e. The highest BCUT2D eigenvalue weighted by Gasteiger charge is 2.31. The lowest BCUT2D eigenvalue weighted by Gasteiger charge is -2.29. The van der Waals surface area contributed by atoms with Gasteiger partial charge in [0, 0.05) is 0 Å². The van der Waals surface area contributed by atoms with Crippen LogP contribution in [0.2, 0.25) is 0 Å². The molecule has 0 atom stereocenters. The molecule has 0 unspecified atom stereocenters. The molecule has 0 bridgehead atoms. The third kappa shape index (κ3) is 3.24. The van der Waals surface area contributed by atoms with E-state index in [1.54, 1.807) is 24.3 Å². The first-order valence-electron chi connectivity index (χ1n) is 7.20. The van der Waals surface area contributed by atoms with Gasteiger partial charge in [-0.1, -0.05) is 30.3 Å². The summed E-state index contributed by atoms with van der Waals surface area (Å²) in [5, 5.41) is 2.66. The van der Waals surface area contributed by atoms with Gasteiger partial charge in [-0.05, 0) is 23.8 Å². The highest BCUT2D eigenvalue weighted by molar-refractivity contribution is 6.10. The van der Waals surface area contributed by atoms with Gasteiger partial charge < -0.3 is 10.2 Å². The highest BCUT2D eigenvalue weighted by atomic mass is 19.4. The van der Waals surface area contributed by atoms with Crippen LogP contribution >= 0.6 is 0 Å². The summed E-state index contributed by atoms with van der Waals surface area (Å²) in [5.41, 5.74) is 0.489. The van der Waals surface area contributed by atoms with Crippen LogP contribution in [-0.2, 0) is 22.2 Å². The number of alkyl halides is 3. The standard InChI is InChI=1S/C17H13F3N2O2/c18-17(19,20)12-5-3-4-11(8-12)9-16(24)22-10-15(23)21-13-6-1-2-7-14(13)22/h1-8H,9-10H2,(H,21,23). The molecule has 1 heterocycles. The van der Waals surface area contributed by atoms with E-state index in [2.05, 4.69) is 5.32 Å². The first-order chi connectivity index (χ1) is 11.3. The smallest absolute Gasteiger partial charge is 0.323 e. The summed E-state index contributed by atoms with van der Waals surface area (Å²) in [6.07, 6.45) is -4.68. The van der Waals surface area contributed by atoms with Crippen molar-refractivity contribution in [2.45, 2.75) is 12.6 Å². The van der Waals surface area contributed by atoms with Crippen LogP contribution in [0.3, 0.4) is 0 Å². The lowest BCUT2D eigenvalue weighted by molar-refractivity contribution is -0.137.